The van der Waals surface area contributed by atoms with Gasteiger partial charge in [-0.3, -0.25) is 0 Å². The van der Waals surface area contributed by atoms with Crippen LogP contribution in [-0.4, -0.2) is 6.54 Å². The first kappa shape index (κ1) is 11.3. The molecule has 0 amide bonds. The molecule has 1 aromatic rings. The van der Waals surface area contributed by atoms with Crippen LogP contribution in [0.5, 0.6) is 0 Å². The highest BCUT2D eigenvalue weighted by Crippen LogP contribution is 2.19. The van der Waals surface area contributed by atoms with Gasteiger partial charge < -0.3 is 4.90 Å². The molecule has 0 spiro atoms. The Bertz CT molecular complexity index is 349. The summed E-state index contributed by atoms with van der Waals surface area (Å²) in [7, 11) is 0. The zero-order chi connectivity index (χ0) is 11.1. The van der Waals surface area contributed by atoms with Gasteiger partial charge in [-0.05, 0) is 19.1 Å². The van der Waals surface area contributed by atoms with Gasteiger partial charge in [-0.15, -0.1) is 0 Å². The molecule has 0 fully saturated rings. The van der Waals surface area contributed by atoms with Crippen LogP contribution in [0.3, 0.4) is 0 Å². The van der Waals surface area contributed by atoms with Crippen LogP contribution in [0.25, 0.3) is 0 Å². The molecule has 15 heavy (non-hydrogen) atoms. The van der Waals surface area contributed by atoms with Crippen molar-refractivity contribution in [3.63, 3.8) is 0 Å². The topological polar surface area (TPSA) is 27.0 Å². The summed E-state index contributed by atoms with van der Waals surface area (Å²) in [5.74, 6) is 0. The van der Waals surface area contributed by atoms with E-state index in [1.807, 2.05) is 18.2 Å². The van der Waals surface area contributed by atoms with E-state index in [2.05, 4.69) is 36.6 Å². The molecular formula is C13H16N2. The SMILES string of the molecule is C=C(CCC#N)N(CC)c1ccccc1. The second-order valence-corrected chi connectivity index (χ2v) is 3.30. The van der Waals surface area contributed by atoms with Crippen LogP contribution < -0.4 is 4.90 Å². The van der Waals surface area contributed by atoms with Gasteiger partial charge in [-0.2, -0.15) is 5.26 Å². The Kier molecular flexibility index (Phi) is 4.43. The standard InChI is InChI=1S/C13H16N2/c1-3-15(12(2)8-7-11-14)13-9-5-4-6-10-13/h4-6,9-10H,2-3,7-8H2,1H3. The monoisotopic (exact) mass is 200 g/mol. The zero-order valence-corrected chi connectivity index (χ0v) is 9.11. The number of hydrogen-bond acceptors (Lipinski definition) is 2. The van der Waals surface area contributed by atoms with E-state index in [0.29, 0.717) is 6.42 Å². The first-order valence-electron chi connectivity index (χ1n) is 5.17. The fraction of sp³-hybridized carbons (Fsp3) is 0.308. The maximum Gasteiger partial charge on any atom is 0.0625 e. The van der Waals surface area contributed by atoms with Crippen LogP contribution >= 0.6 is 0 Å². The maximum absolute atomic E-state index is 8.53. The van der Waals surface area contributed by atoms with Crippen molar-refractivity contribution in [2.24, 2.45) is 0 Å². The molecule has 0 saturated heterocycles. The summed E-state index contributed by atoms with van der Waals surface area (Å²) in [5, 5.41) is 8.53. The fourth-order valence-corrected chi connectivity index (χ4v) is 1.53. The maximum atomic E-state index is 8.53. The molecule has 1 rings (SSSR count). The number of benzene rings is 1. The van der Waals surface area contributed by atoms with Gasteiger partial charge in [0.15, 0.2) is 0 Å². The minimum absolute atomic E-state index is 0.530. The first-order valence-corrected chi connectivity index (χ1v) is 5.17. The van der Waals surface area contributed by atoms with Crippen LogP contribution in [0.15, 0.2) is 42.6 Å². The second-order valence-electron chi connectivity index (χ2n) is 3.30. The predicted molar refractivity (Wildman–Crippen MR) is 63.4 cm³/mol. The number of para-hydroxylation sites is 1. The van der Waals surface area contributed by atoms with Crippen molar-refractivity contribution in [1.29, 1.82) is 5.26 Å². The Labute approximate surface area is 91.4 Å². The van der Waals surface area contributed by atoms with Crippen molar-refractivity contribution in [2.75, 3.05) is 11.4 Å². The van der Waals surface area contributed by atoms with E-state index < -0.39 is 0 Å². The van der Waals surface area contributed by atoms with E-state index in [1.165, 1.54) is 0 Å². The molecule has 78 valence electrons. The summed E-state index contributed by atoms with van der Waals surface area (Å²) < 4.78 is 0. The lowest BCUT2D eigenvalue weighted by molar-refractivity contribution is 0.866. The summed E-state index contributed by atoms with van der Waals surface area (Å²) in [6, 6.07) is 12.3. The average molecular weight is 200 g/mol. The summed E-state index contributed by atoms with van der Waals surface area (Å²) in [5.41, 5.74) is 2.15. The third-order valence-corrected chi connectivity index (χ3v) is 2.29. The summed E-state index contributed by atoms with van der Waals surface area (Å²) >= 11 is 0. The minimum atomic E-state index is 0.530. The van der Waals surface area contributed by atoms with Gasteiger partial charge in [-0.25, -0.2) is 0 Å². The molecule has 0 atom stereocenters. The fourth-order valence-electron chi connectivity index (χ4n) is 1.53. The van der Waals surface area contributed by atoms with E-state index >= 15 is 0 Å². The Morgan fingerprint density at radius 3 is 2.60 bits per heavy atom. The van der Waals surface area contributed by atoms with E-state index in [0.717, 1.165) is 24.4 Å². The molecule has 0 N–H and O–H groups in total. The van der Waals surface area contributed by atoms with Crippen LogP contribution in [0.2, 0.25) is 0 Å². The van der Waals surface area contributed by atoms with Gasteiger partial charge in [0.05, 0.1) is 6.07 Å². The van der Waals surface area contributed by atoms with Gasteiger partial charge in [0.2, 0.25) is 0 Å². The number of nitriles is 1. The third kappa shape index (κ3) is 3.14. The molecular weight excluding hydrogens is 184 g/mol. The molecule has 1 aromatic carbocycles. The first-order chi connectivity index (χ1) is 7.29. The highest BCUT2D eigenvalue weighted by molar-refractivity contribution is 5.51. The Balaban J connectivity index is 2.72. The number of allylic oxidation sites excluding steroid dienone is 1. The Morgan fingerprint density at radius 2 is 2.07 bits per heavy atom. The molecule has 2 nitrogen and oxygen atoms in total. The molecule has 0 radical (unpaired) electrons. The Morgan fingerprint density at radius 1 is 1.40 bits per heavy atom. The quantitative estimate of drug-likeness (QED) is 0.729. The molecule has 0 aliphatic heterocycles. The van der Waals surface area contributed by atoms with Gasteiger partial charge in [0.25, 0.3) is 0 Å². The molecule has 0 aliphatic rings. The van der Waals surface area contributed by atoms with E-state index in [4.69, 9.17) is 5.26 Å². The molecule has 0 unspecified atom stereocenters. The Hall–Kier alpha value is -1.75. The molecule has 0 saturated carbocycles. The van der Waals surface area contributed by atoms with Gasteiger partial charge in [0.1, 0.15) is 0 Å². The van der Waals surface area contributed by atoms with E-state index in [1.54, 1.807) is 0 Å². The lowest BCUT2D eigenvalue weighted by atomic mass is 10.2. The van der Waals surface area contributed by atoms with Crippen LogP contribution in [0.4, 0.5) is 5.69 Å². The molecule has 0 aromatic heterocycles. The highest BCUT2D eigenvalue weighted by atomic mass is 15.1. The minimum Gasteiger partial charge on any atom is -0.346 e. The molecule has 2 heteroatoms. The molecule has 0 heterocycles. The largest absolute Gasteiger partial charge is 0.346 e. The average Bonchev–Trinajstić information content (AvgIpc) is 2.29. The molecule has 0 aliphatic carbocycles. The summed E-state index contributed by atoms with van der Waals surface area (Å²) in [4.78, 5) is 2.14. The van der Waals surface area contributed by atoms with Crippen LogP contribution in [0.1, 0.15) is 19.8 Å². The number of nitrogens with zero attached hydrogens (tertiary/aromatic N) is 2. The normalized spacial score (nSPS) is 9.33. The van der Waals surface area contributed by atoms with Gasteiger partial charge in [0, 0.05) is 30.8 Å². The van der Waals surface area contributed by atoms with E-state index in [-0.39, 0.29) is 0 Å². The highest BCUT2D eigenvalue weighted by Gasteiger charge is 2.06. The van der Waals surface area contributed by atoms with Crippen molar-refractivity contribution in [3.8, 4) is 6.07 Å². The van der Waals surface area contributed by atoms with Crippen molar-refractivity contribution >= 4 is 5.69 Å². The van der Waals surface area contributed by atoms with Gasteiger partial charge in [-0.1, -0.05) is 24.8 Å². The zero-order valence-electron chi connectivity index (χ0n) is 9.11. The number of anilines is 1. The van der Waals surface area contributed by atoms with Crippen molar-refractivity contribution < 1.29 is 0 Å². The third-order valence-electron chi connectivity index (χ3n) is 2.29. The van der Waals surface area contributed by atoms with Crippen molar-refractivity contribution in [3.05, 3.63) is 42.6 Å². The van der Waals surface area contributed by atoms with Crippen molar-refractivity contribution in [1.82, 2.24) is 0 Å². The van der Waals surface area contributed by atoms with Crippen LogP contribution in [0, 0.1) is 11.3 Å². The lowest BCUT2D eigenvalue weighted by Crippen LogP contribution is -2.20. The summed E-state index contributed by atoms with van der Waals surface area (Å²) in [6.07, 6.45) is 1.27. The van der Waals surface area contributed by atoms with Crippen molar-refractivity contribution in [2.45, 2.75) is 19.8 Å². The van der Waals surface area contributed by atoms with E-state index in [9.17, 15) is 0 Å². The number of hydrogen-bond donors (Lipinski definition) is 0. The summed E-state index contributed by atoms with van der Waals surface area (Å²) in [6.45, 7) is 6.99. The number of rotatable bonds is 5. The van der Waals surface area contributed by atoms with Crippen LogP contribution in [-0.2, 0) is 0 Å². The van der Waals surface area contributed by atoms with Gasteiger partial charge >= 0.3 is 0 Å². The molecule has 0 bridgehead atoms. The predicted octanol–water partition coefficient (Wildman–Crippen LogP) is 3.33. The lowest BCUT2D eigenvalue weighted by Gasteiger charge is -2.24. The smallest absolute Gasteiger partial charge is 0.0625 e. The second kappa shape index (κ2) is 5.87.